The van der Waals surface area contributed by atoms with Gasteiger partial charge in [-0.2, -0.15) is 5.10 Å². The van der Waals surface area contributed by atoms with Crippen molar-refractivity contribution in [2.75, 3.05) is 13.1 Å². The molecule has 6 heteroatoms. The van der Waals surface area contributed by atoms with E-state index in [0.717, 1.165) is 37.3 Å². The van der Waals surface area contributed by atoms with Gasteiger partial charge in [0.2, 0.25) is 0 Å². The fourth-order valence-corrected chi connectivity index (χ4v) is 3.67. The molecule has 0 atom stereocenters. The number of aromatic nitrogens is 3. The first-order valence-corrected chi connectivity index (χ1v) is 10.0. The highest BCUT2D eigenvalue weighted by atomic mass is 32.1. The van der Waals surface area contributed by atoms with Crippen LogP contribution in [0.5, 0.6) is 0 Å². The van der Waals surface area contributed by atoms with E-state index in [-0.39, 0.29) is 11.5 Å². The van der Waals surface area contributed by atoms with E-state index in [4.69, 9.17) is 17.3 Å². The van der Waals surface area contributed by atoms with Gasteiger partial charge in [0.05, 0.1) is 12.8 Å². The summed E-state index contributed by atoms with van der Waals surface area (Å²) >= 11 is 5.69. The smallest absolute Gasteiger partial charge is 0.199 e. The average Bonchev–Trinajstić information content (AvgIpc) is 2.93. The van der Waals surface area contributed by atoms with Crippen molar-refractivity contribution in [3.63, 3.8) is 0 Å². The molecule has 0 unspecified atom stereocenters. The molecule has 146 valence electrons. The van der Waals surface area contributed by atoms with Gasteiger partial charge in [-0.3, -0.25) is 9.47 Å². The molecule has 27 heavy (non-hydrogen) atoms. The SMILES string of the molecule is C=CCn1c(-c2ccc(C(C)(C)C)cc2)nn(CN2CCC(O)CC2)c1=S. The maximum absolute atomic E-state index is 9.71. The minimum absolute atomic E-state index is 0.122. The largest absolute Gasteiger partial charge is 0.393 e. The first-order valence-electron chi connectivity index (χ1n) is 9.59. The first-order chi connectivity index (χ1) is 12.8. The Balaban J connectivity index is 1.90. The van der Waals surface area contributed by atoms with Gasteiger partial charge < -0.3 is 5.11 Å². The van der Waals surface area contributed by atoms with Crippen molar-refractivity contribution in [3.8, 4) is 11.4 Å². The maximum atomic E-state index is 9.71. The molecule has 0 amide bonds. The lowest BCUT2D eigenvalue weighted by atomic mass is 9.87. The minimum atomic E-state index is -0.176. The molecule has 1 aromatic heterocycles. The van der Waals surface area contributed by atoms with Gasteiger partial charge in [0.25, 0.3) is 0 Å². The number of nitrogens with zero attached hydrogens (tertiary/aromatic N) is 4. The lowest BCUT2D eigenvalue weighted by molar-refractivity contribution is 0.0650. The zero-order valence-corrected chi connectivity index (χ0v) is 17.4. The fraction of sp³-hybridized carbons (Fsp3) is 0.524. The summed E-state index contributed by atoms with van der Waals surface area (Å²) < 4.78 is 4.63. The third kappa shape index (κ3) is 4.57. The molecule has 5 nitrogen and oxygen atoms in total. The van der Waals surface area contributed by atoms with Crippen LogP contribution < -0.4 is 0 Å². The topological polar surface area (TPSA) is 46.2 Å². The van der Waals surface area contributed by atoms with Crippen LogP contribution in [0, 0.1) is 4.77 Å². The molecule has 2 heterocycles. The van der Waals surface area contributed by atoms with E-state index in [0.29, 0.717) is 18.0 Å². The number of hydrogen-bond acceptors (Lipinski definition) is 4. The number of piperidine rings is 1. The van der Waals surface area contributed by atoms with Crippen LogP contribution in [0.4, 0.5) is 0 Å². The number of aliphatic hydroxyl groups is 1. The summed E-state index contributed by atoms with van der Waals surface area (Å²) in [4.78, 5) is 2.29. The lowest BCUT2D eigenvalue weighted by Crippen LogP contribution is -2.37. The number of benzene rings is 1. The van der Waals surface area contributed by atoms with Crippen LogP contribution in [0.15, 0.2) is 36.9 Å². The lowest BCUT2D eigenvalue weighted by Gasteiger charge is -2.28. The van der Waals surface area contributed by atoms with Crippen molar-refractivity contribution in [2.24, 2.45) is 0 Å². The quantitative estimate of drug-likeness (QED) is 0.624. The average molecular weight is 387 g/mol. The summed E-state index contributed by atoms with van der Waals surface area (Å²) in [6, 6.07) is 8.58. The van der Waals surface area contributed by atoms with Crippen LogP contribution in [0.3, 0.4) is 0 Å². The van der Waals surface area contributed by atoms with Gasteiger partial charge in [-0.25, -0.2) is 4.68 Å². The molecule has 0 bridgehead atoms. The Morgan fingerprint density at radius 3 is 2.41 bits per heavy atom. The van der Waals surface area contributed by atoms with Gasteiger partial charge in [-0.15, -0.1) is 6.58 Å². The number of aliphatic hydroxyl groups excluding tert-OH is 1. The van der Waals surface area contributed by atoms with Crippen LogP contribution in [0.2, 0.25) is 0 Å². The Bertz CT molecular complexity index is 837. The number of likely N-dealkylation sites (tertiary alicyclic amines) is 1. The predicted molar refractivity (Wildman–Crippen MR) is 112 cm³/mol. The van der Waals surface area contributed by atoms with Gasteiger partial charge in [0, 0.05) is 25.2 Å². The van der Waals surface area contributed by atoms with Crippen LogP contribution >= 0.6 is 12.2 Å². The standard InChI is InChI=1S/C21H30N4OS/c1-5-12-24-19(16-6-8-17(9-7-16)21(2,3)4)22-25(20(24)27)15-23-13-10-18(26)11-14-23/h5-9,18,26H,1,10-15H2,2-4H3. The number of rotatable bonds is 5. The van der Waals surface area contributed by atoms with E-state index in [9.17, 15) is 5.11 Å². The predicted octanol–water partition coefficient (Wildman–Crippen LogP) is 3.98. The van der Waals surface area contributed by atoms with E-state index in [1.165, 1.54) is 5.56 Å². The minimum Gasteiger partial charge on any atom is -0.393 e. The highest BCUT2D eigenvalue weighted by Crippen LogP contribution is 2.26. The molecule has 0 spiro atoms. The van der Waals surface area contributed by atoms with Gasteiger partial charge in [-0.1, -0.05) is 51.1 Å². The van der Waals surface area contributed by atoms with Crippen LogP contribution in [0.25, 0.3) is 11.4 Å². The summed E-state index contributed by atoms with van der Waals surface area (Å²) in [5.41, 5.74) is 2.48. The molecular formula is C21H30N4OS. The van der Waals surface area contributed by atoms with Crippen LogP contribution in [-0.4, -0.2) is 43.5 Å². The summed E-state index contributed by atoms with van der Waals surface area (Å²) in [6.07, 6.45) is 3.29. The molecule has 1 fully saturated rings. The molecule has 0 aliphatic carbocycles. The van der Waals surface area contributed by atoms with Gasteiger partial charge >= 0.3 is 0 Å². The van der Waals surface area contributed by atoms with Gasteiger partial charge in [-0.05, 0) is 36.0 Å². The zero-order valence-electron chi connectivity index (χ0n) is 16.6. The first kappa shape index (κ1) is 20.0. The Labute approximate surface area is 166 Å². The summed E-state index contributed by atoms with van der Waals surface area (Å²) in [6.45, 7) is 13.5. The molecular weight excluding hydrogens is 356 g/mol. The molecule has 3 rings (SSSR count). The third-order valence-electron chi connectivity index (χ3n) is 5.13. The van der Waals surface area contributed by atoms with Gasteiger partial charge in [0.15, 0.2) is 10.6 Å². The van der Waals surface area contributed by atoms with Crippen molar-refractivity contribution in [1.29, 1.82) is 0 Å². The normalized spacial score (nSPS) is 16.6. The van der Waals surface area contributed by atoms with E-state index >= 15 is 0 Å². The Morgan fingerprint density at radius 1 is 1.22 bits per heavy atom. The molecule has 2 aromatic rings. The van der Waals surface area contributed by atoms with Crippen molar-refractivity contribution in [2.45, 2.75) is 58.3 Å². The number of hydrogen-bond donors (Lipinski definition) is 1. The summed E-state index contributed by atoms with van der Waals surface area (Å²) in [5.74, 6) is 0.873. The van der Waals surface area contributed by atoms with Crippen LogP contribution in [-0.2, 0) is 18.6 Å². The fourth-order valence-electron chi connectivity index (χ4n) is 3.41. The molecule has 1 aliphatic heterocycles. The van der Waals surface area contributed by atoms with Gasteiger partial charge in [0.1, 0.15) is 0 Å². The van der Waals surface area contributed by atoms with Crippen molar-refractivity contribution in [3.05, 3.63) is 47.3 Å². The van der Waals surface area contributed by atoms with E-state index in [1.54, 1.807) is 0 Å². The van der Waals surface area contributed by atoms with E-state index in [2.05, 4.69) is 56.5 Å². The van der Waals surface area contributed by atoms with Crippen LogP contribution in [0.1, 0.15) is 39.2 Å². The van der Waals surface area contributed by atoms with E-state index in [1.807, 2.05) is 15.3 Å². The van der Waals surface area contributed by atoms with Crippen molar-refractivity contribution in [1.82, 2.24) is 19.2 Å². The van der Waals surface area contributed by atoms with E-state index < -0.39 is 0 Å². The second-order valence-corrected chi connectivity index (χ2v) is 8.69. The zero-order chi connectivity index (χ0) is 19.6. The Kier molecular flexibility index (Phi) is 5.99. The van der Waals surface area contributed by atoms with Crippen molar-refractivity contribution >= 4 is 12.2 Å². The Hall–Kier alpha value is -1.76. The highest BCUT2D eigenvalue weighted by molar-refractivity contribution is 7.71. The summed E-state index contributed by atoms with van der Waals surface area (Å²) in [5, 5.41) is 14.5. The second kappa shape index (κ2) is 8.09. The third-order valence-corrected chi connectivity index (χ3v) is 5.57. The molecule has 1 aromatic carbocycles. The molecule has 0 saturated carbocycles. The monoisotopic (exact) mass is 386 g/mol. The molecule has 0 radical (unpaired) electrons. The highest BCUT2D eigenvalue weighted by Gasteiger charge is 2.20. The Morgan fingerprint density at radius 2 is 1.85 bits per heavy atom. The summed E-state index contributed by atoms with van der Waals surface area (Å²) in [7, 11) is 0. The van der Waals surface area contributed by atoms with Crippen molar-refractivity contribution < 1.29 is 5.11 Å². The molecule has 1 saturated heterocycles. The maximum Gasteiger partial charge on any atom is 0.199 e. The molecule has 1 aliphatic rings. The molecule has 1 N–H and O–H groups in total. The number of allylic oxidation sites excluding steroid dienone is 1. The second-order valence-electron chi connectivity index (χ2n) is 8.32.